The minimum absolute atomic E-state index is 0. The van der Waals surface area contributed by atoms with Crippen molar-refractivity contribution in [2.24, 2.45) is 4.99 Å². The highest BCUT2D eigenvalue weighted by Crippen LogP contribution is 2.21. The lowest BCUT2D eigenvalue weighted by Crippen LogP contribution is -2.52. The molecule has 1 aliphatic rings. The van der Waals surface area contributed by atoms with Gasteiger partial charge in [0.25, 0.3) is 0 Å². The number of unbranched alkanes of at least 4 members (excludes halogenated alkanes) is 1. The molecule has 1 N–H and O–H groups in total. The van der Waals surface area contributed by atoms with Gasteiger partial charge in [-0.2, -0.15) is 13.2 Å². The molecule has 0 aromatic heterocycles. The van der Waals surface area contributed by atoms with Crippen LogP contribution in [0.1, 0.15) is 30.4 Å². The summed E-state index contributed by atoms with van der Waals surface area (Å²) in [6.07, 6.45) is -4.14. The second-order valence-corrected chi connectivity index (χ2v) is 6.80. The smallest absolute Gasteiger partial charge is 0.356 e. The van der Waals surface area contributed by atoms with E-state index in [1.165, 1.54) is 11.1 Å². The van der Waals surface area contributed by atoms with E-state index in [0.29, 0.717) is 13.0 Å². The monoisotopic (exact) mass is 498 g/mol. The van der Waals surface area contributed by atoms with Crippen LogP contribution in [-0.4, -0.2) is 61.7 Å². The lowest BCUT2D eigenvalue weighted by atomic mass is 10.1. The lowest BCUT2D eigenvalue weighted by Gasteiger charge is -2.36. The number of guanidine groups is 1. The van der Waals surface area contributed by atoms with Gasteiger partial charge in [0.1, 0.15) is 0 Å². The van der Waals surface area contributed by atoms with E-state index in [-0.39, 0.29) is 30.4 Å². The number of aryl methyl sites for hydroxylation is 1. The van der Waals surface area contributed by atoms with E-state index >= 15 is 0 Å². The number of benzene rings is 1. The molecule has 2 rings (SSSR count). The molecule has 8 heteroatoms. The quantitative estimate of drug-likeness (QED) is 0.278. The minimum atomic E-state index is -4.06. The maximum absolute atomic E-state index is 12.2. The van der Waals surface area contributed by atoms with Crippen molar-refractivity contribution in [1.82, 2.24) is 15.1 Å². The van der Waals surface area contributed by atoms with E-state index in [4.69, 9.17) is 0 Å². The predicted octanol–water partition coefficient (Wildman–Crippen LogP) is 4.04. The largest absolute Gasteiger partial charge is 0.389 e. The van der Waals surface area contributed by atoms with Gasteiger partial charge in [-0.05, 0) is 25.3 Å². The van der Waals surface area contributed by atoms with Crippen molar-refractivity contribution >= 4 is 29.9 Å². The molecule has 0 radical (unpaired) electrons. The third-order valence-electron chi connectivity index (χ3n) is 4.54. The lowest BCUT2D eigenvalue weighted by molar-refractivity contribution is -0.135. The molecule has 0 spiro atoms. The molecule has 4 nitrogen and oxygen atoms in total. The zero-order valence-electron chi connectivity index (χ0n) is 16.1. The van der Waals surface area contributed by atoms with Gasteiger partial charge in [0.2, 0.25) is 0 Å². The first-order valence-electron chi connectivity index (χ1n) is 9.17. The third-order valence-corrected chi connectivity index (χ3v) is 4.54. The van der Waals surface area contributed by atoms with Crippen LogP contribution in [0, 0.1) is 6.92 Å². The van der Waals surface area contributed by atoms with Crippen molar-refractivity contribution < 1.29 is 13.2 Å². The Hall–Kier alpha value is -1.03. The molecule has 1 fully saturated rings. The average Bonchev–Trinajstić information content (AvgIpc) is 2.58. The number of hydrogen-bond acceptors (Lipinski definition) is 2. The predicted molar refractivity (Wildman–Crippen MR) is 115 cm³/mol. The number of rotatable bonds is 6. The fourth-order valence-corrected chi connectivity index (χ4v) is 3.17. The molecular weight excluding hydrogens is 468 g/mol. The first-order chi connectivity index (χ1) is 12.4. The molecule has 1 heterocycles. The van der Waals surface area contributed by atoms with E-state index in [0.717, 1.165) is 38.7 Å². The van der Waals surface area contributed by atoms with Crippen LogP contribution < -0.4 is 5.32 Å². The van der Waals surface area contributed by atoms with Crippen molar-refractivity contribution in [2.75, 3.05) is 39.8 Å². The van der Waals surface area contributed by atoms with Crippen molar-refractivity contribution in [3.8, 4) is 0 Å². The molecule has 1 aromatic rings. The highest BCUT2D eigenvalue weighted by molar-refractivity contribution is 14.0. The van der Waals surface area contributed by atoms with Crippen LogP contribution in [0.2, 0.25) is 0 Å². The summed E-state index contributed by atoms with van der Waals surface area (Å²) in [5.74, 6) is 0.784. The van der Waals surface area contributed by atoms with Gasteiger partial charge < -0.3 is 10.2 Å². The molecule has 0 bridgehead atoms. The van der Waals surface area contributed by atoms with E-state index < -0.39 is 12.6 Å². The van der Waals surface area contributed by atoms with Crippen LogP contribution in [-0.2, 0) is 6.54 Å². The van der Waals surface area contributed by atoms with Gasteiger partial charge in [0.15, 0.2) is 5.96 Å². The fraction of sp³-hybridized carbons (Fsp3) is 0.632. The van der Waals surface area contributed by atoms with Gasteiger partial charge in [-0.3, -0.25) is 9.89 Å². The molecule has 0 aliphatic carbocycles. The Kier molecular flexibility index (Phi) is 10.4. The molecule has 1 saturated heterocycles. The Labute approximate surface area is 177 Å². The Morgan fingerprint density at radius 2 is 1.85 bits per heavy atom. The molecule has 0 saturated carbocycles. The highest BCUT2D eigenvalue weighted by atomic mass is 127. The van der Waals surface area contributed by atoms with Gasteiger partial charge >= 0.3 is 6.18 Å². The molecule has 27 heavy (non-hydrogen) atoms. The minimum Gasteiger partial charge on any atom is -0.356 e. The third kappa shape index (κ3) is 9.14. The fourth-order valence-electron chi connectivity index (χ4n) is 3.17. The van der Waals surface area contributed by atoms with E-state index in [9.17, 15) is 13.2 Å². The summed E-state index contributed by atoms with van der Waals surface area (Å²) >= 11 is 0. The van der Waals surface area contributed by atoms with E-state index in [1.54, 1.807) is 7.05 Å². The van der Waals surface area contributed by atoms with Crippen LogP contribution >= 0.6 is 24.0 Å². The standard InChI is InChI=1S/C19H29F3N4.HI/c1-16-6-5-7-17(14-16)15-25-10-12-26(13-11-25)18(23-2)24-9-4-3-8-19(20,21)22;/h5-7,14H,3-4,8-13,15H2,1-2H3,(H,23,24);1H. The maximum atomic E-state index is 12.2. The Morgan fingerprint density at radius 3 is 2.44 bits per heavy atom. The zero-order chi connectivity index (χ0) is 19.0. The number of halogens is 4. The number of nitrogens with one attached hydrogen (secondary N) is 1. The summed E-state index contributed by atoms with van der Waals surface area (Å²) in [5, 5.41) is 3.19. The summed E-state index contributed by atoms with van der Waals surface area (Å²) in [6, 6.07) is 8.56. The normalized spacial score (nSPS) is 16.2. The molecule has 0 atom stereocenters. The SMILES string of the molecule is CN=C(NCCCCC(F)(F)F)N1CCN(Cc2cccc(C)c2)CC1.I. The summed E-state index contributed by atoms with van der Waals surface area (Å²) in [5.41, 5.74) is 2.60. The first-order valence-corrected chi connectivity index (χ1v) is 9.17. The molecule has 1 aliphatic heterocycles. The summed E-state index contributed by atoms with van der Waals surface area (Å²) in [7, 11) is 1.72. The second kappa shape index (κ2) is 11.7. The molecule has 0 amide bonds. The average molecular weight is 498 g/mol. The first kappa shape index (κ1) is 24.0. The highest BCUT2D eigenvalue weighted by Gasteiger charge is 2.26. The summed E-state index contributed by atoms with van der Waals surface area (Å²) < 4.78 is 36.5. The summed E-state index contributed by atoms with van der Waals surface area (Å²) in [6.45, 7) is 7.20. The number of alkyl halides is 3. The van der Waals surface area contributed by atoms with Crippen LogP contribution in [0.15, 0.2) is 29.3 Å². The zero-order valence-corrected chi connectivity index (χ0v) is 18.4. The van der Waals surface area contributed by atoms with E-state index in [2.05, 4.69) is 51.3 Å². The van der Waals surface area contributed by atoms with Gasteiger partial charge in [0, 0.05) is 52.7 Å². The van der Waals surface area contributed by atoms with Gasteiger partial charge in [-0.25, -0.2) is 0 Å². The van der Waals surface area contributed by atoms with Crippen molar-refractivity contribution in [3.63, 3.8) is 0 Å². The maximum Gasteiger partial charge on any atom is 0.389 e. The molecule has 0 unspecified atom stereocenters. The van der Waals surface area contributed by atoms with Crippen molar-refractivity contribution in [2.45, 2.75) is 38.9 Å². The van der Waals surface area contributed by atoms with Crippen LogP contribution in [0.5, 0.6) is 0 Å². The molecular formula is C19H30F3IN4. The van der Waals surface area contributed by atoms with Crippen LogP contribution in [0.4, 0.5) is 13.2 Å². The number of aliphatic imine (C=N–C) groups is 1. The van der Waals surface area contributed by atoms with Gasteiger partial charge in [0.05, 0.1) is 0 Å². The number of piperazine rings is 1. The van der Waals surface area contributed by atoms with E-state index in [1.807, 2.05) is 0 Å². The topological polar surface area (TPSA) is 30.9 Å². The van der Waals surface area contributed by atoms with Gasteiger partial charge in [-0.15, -0.1) is 24.0 Å². The number of nitrogens with zero attached hydrogens (tertiary/aromatic N) is 3. The van der Waals surface area contributed by atoms with Crippen LogP contribution in [0.25, 0.3) is 0 Å². The second-order valence-electron chi connectivity index (χ2n) is 6.80. The molecule has 154 valence electrons. The van der Waals surface area contributed by atoms with Crippen LogP contribution in [0.3, 0.4) is 0 Å². The molecule has 1 aromatic carbocycles. The van der Waals surface area contributed by atoms with Crippen molar-refractivity contribution in [3.05, 3.63) is 35.4 Å². The Bertz CT molecular complexity index is 585. The Morgan fingerprint density at radius 1 is 1.15 bits per heavy atom. The van der Waals surface area contributed by atoms with Crippen molar-refractivity contribution in [1.29, 1.82) is 0 Å². The summed E-state index contributed by atoms with van der Waals surface area (Å²) in [4.78, 5) is 8.87. The Balaban J connectivity index is 0.00000364. The van der Waals surface area contributed by atoms with Gasteiger partial charge in [-0.1, -0.05) is 29.8 Å². The number of hydrogen-bond donors (Lipinski definition) is 1.